The third-order valence-electron chi connectivity index (χ3n) is 4.47. The zero-order valence-electron chi connectivity index (χ0n) is 13.8. The highest BCUT2D eigenvalue weighted by molar-refractivity contribution is 6.40. The Morgan fingerprint density at radius 1 is 0.750 bits per heavy atom. The molecule has 0 fully saturated rings. The highest BCUT2D eigenvalue weighted by atomic mass is 35.5. The summed E-state index contributed by atoms with van der Waals surface area (Å²) in [5, 5.41) is 22.5. The van der Waals surface area contributed by atoms with Crippen LogP contribution in [-0.2, 0) is 0 Å². The lowest BCUT2D eigenvalue weighted by molar-refractivity contribution is -0.390. The van der Waals surface area contributed by atoms with Crippen LogP contribution in [0.25, 0.3) is 10.8 Å². The summed E-state index contributed by atoms with van der Waals surface area (Å²) < 4.78 is 0. The maximum absolute atomic E-state index is 13.0. The molecule has 0 N–H and O–H groups in total. The Kier molecular flexibility index (Phi) is 3.83. The second-order valence-electron chi connectivity index (χ2n) is 5.93. The number of non-ortho nitro benzene ring substituents is 2. The van der Waals surface area contributed by atoms with Crippen LogP contribution in [0.5, 0.6) is 0 Å². The first-order valence-corrected chi connectivity index (χ1v) is 8.22. The van der Waals surface area contributed by atoms with Crippen LogP contribution in [0.3, 0.4) is 0 Å². The molecule has 2 amide bonds. The summed E-state index contributed by atoms with van der Waals surface area (Å²) in [6, 6.07) is 10.6. The predicted octanol–water partition coefficient (Wildman–Crippen LogP) is 4.11. The topological polar surface area (TPSA) is 124 Å². The third-order valence-corrected chi connectivity index (χ3v) is 4.79. The first kappa shape index (κ1) is 17.6. The molecule has 1 aliphatic rings. The van der Waals surface area contributed by atoms with Crippen molar-refractivity contribution >= 4 is 51.2 Å². The van der Waals surface area contributed by atoms with Crippen molar-refractivity contribution in [1.82, 2.24) is 0 Å². The first-order chi connectivity index (χ1) is 13.3. The van der Waals surface area contributed by atoms with Gasteiger partial charge in [0.15, 0.2) is 0 Å². The molecule has 138 valence electrons. The van der Waals surface area contributed by atoms with Gasteiger partial charge in [-0.3, -0.25) is 29.8 Å². The number of carbonyl (C=O) groups is 2. The number of anilines is 1. The number of benzene rings is 3. The van der Waals surface area contributed by atoms with Crippen molar-refractivity contribution in [3.8, 4) is 0 Å². The Labute approximate surface area is 161 Å². The summed E-state index contributed by atoms with van der Waals surface area (Å²) in [4.78, 5) is 48.2. The van der Waals surface area contributed by atoms with E-state index in [9.17, 15) is 29.8 Å². The zero-order chi connectivity index (χ0) is 20.2. The SMILES string of the molecule is O=C1c2ccc([N+](=O)[O-])c3c([N+](=O)[O-])ccc(c23)C(=O)N1c1ccccc1Cl. The van der Waals surface area contributed by atoms with E-state index in [1.165, 1.54) is 24.3 Å². The summed E-state index contributed by atoms with van der Waals surface area (Å²) in [5.74, 6) is -1.54. The molecule has 0 unspecified atom stereocenters. The number of imide groups is 1. The standard InChI is InChI=1S/C18H8ClN3O6/c19-11-3-1-2-4-12(11)20-17(23)9-5-7-13(21(25)26)16-14(22(27)28)8-6-10(15(9)16)18(20)24/h1-8H. The molecule has 3 aromatic rings. The van der Waals surface area contributed by atoms with Gasteiger partial charge in [0.1, 0.15) is 5.39 Å². The second kappa shape index (κ2) is 6.10. The van der Waals surface area contributed by atoms with Gasteiger partial charge in [0.05, 0.1) is 20.6 Å². The van der Waals surface area contributed by atoms with Crippen molar-refractivity contribution in [3.63, 3.8) is 0 Å². The second-order valence-corrected chi connectivity index (χ2v) is 6.33. The van der Waals surface area contributed by atoms with Crippen molar-refractivity contribution in [3.05, 3.63) is 84.9 Å². The molecular weight excluding hydrogens is 390 g/mol. The molecule has 9 nitrogen and oxygen atoms in total. The van der Waals surface area contributed by atoms with Crippen molar-refractivity contribution in [1.29, 1.82) is 0 Å². The predicted molar refractivity (Wildman–Crippen MR) is 99.8 cm³/mol. The highest BCUT2D eigenvalue weighted by Gasteiger charge is 2.39. The monoisotopic (exact) mass is 397 g/mol. The molecule has 0 atom stereocenters. The molecular formula is C18H8ClN3O6. The van der Waals surface area contributed by atoms with E-state index in [4.69, 9.17) is 11.6 Å². The van der Waals surface area contributed by atoms with Crippen molar-refractivity contribution in [2.45, 2.75) is 0 Å². The van der Waals surface area contributed by atoms with Gasteiger partial charge in [-0.2, -0.15) is 0 Å². The summed E-state index contributed by atoms with van der Waals surface area (Å²) in [7, 11) is 0. The van der Waals surface area contributed by atoms with Gasteiger partial charge in [0.2, 0.25) is 0 Å². The van der Waals surface area contributed by atoms with Gasteiger partial charge in [-0.05, 0) is 24.3 Å². The molecule has 4 rings (SSSR count). The van der Waals surface area contributed by atoms with Crippen molar-refractivity contribution in [2.24, 2.45) is 0 Å². The van der Waals surface area contributed by atoms with Gasteiger partial charge in [-0.15, -0.1) is 0 Å². The number of nitrogens with zero attached hydrogens (tertiary/aromatic N) is 3. The Morgan fingerprint density at radius 3 is 1.71 bits per heavy atom. The molecule has 1 aliphatic heterocycles. The van der Waals surface area contributed by atoms with E-state index in [2.05, 4.69) is 0 Å². The van der Waals surface area contributed by atoms with Crippen LogP contribution in [-0.4, -0.2) is 21.7 Å². The molecule has 0 aromatic heterocycles. The van der Waals surface area contributed by atoms with E-state index in [0.717, 1.165) is 17.0 Å². The number of hydrogen-bond donors (Lipinski definition) is 0. The molecule has 10 heteroatoms. The minimum absolute atomic E-state index is 0.0566. The van der Waals surface area contributed by atoms with Crippen LogP contribution < -0.4 is 4.90 Å². The molecule has 0 radical (unpaired) electrons. The lowest BCUT2D eigenvalue weighted by Crippen LogP contribution is -2.40. The largest absolute Gasteiger partial charge is 0.284 e. The minimum Gasteiger partial charge on any atom is -0.268 e. The average molecular weight is 398 g/mol. The number of nitro groups is 2. The fraction of sp³-hybridized carbons (Fsp3) is 0. The Morgan fingerprint density at radius 2 is 1.25 bits per heavy atom. The van der Waals surface area contributed by atoms with Crippen LogP contribution in [0.2, 0.25) is 5.02 Å². The quantitative estimate of drug-likeness (QED) is 0.372. The molecule has 28 heavy (non-hydrogen) atoms. The number of halogens is 1. The summed E-state index contributed by atoms with van der Waals surface area (Å²) >= 11 is 6.13. The van der Waals surface area contributed by atoms with E-state index < -0.39 is 33.0 Å². The van der Waals surface area contributed by atoms with Gasteiger partial charge >= 0.3 is 0 Å². The summed E-state index contributed by atoms with van der Waals surface area (Å²) in [6.45, 7) is 0. The molecule has 3 aromatic carbocycles. The van der Waals surface area contributed by atoms with Crippen molar-refractivity contribution < 1.29 is 19.4 Å². The van der Waals surface area contributed by atoms with E-state index in [1.54, 1.807) is 12.1 Å². The lowest BCUT2D eigenvalue weighted by Gasteiger charge is -2.27. The van der Waals surface area contributed by atoms with E-state index in [-0.39, 0.29) is 32.6 Å². The van der Waals surface area contributed by atoms with Gasteiger partial charge in [-0.1, -0.05) is 23.7 Å². The molecule has 0 spiro atoms. The smallest absolute Gasteiger partial charge is 0.268 e. The van der Waals surface area contributed by atoms with Gasteiger partial charge in [0.25, 0.3) is 23.2 Å². The Hall–Kier alpha value is -3.85. The normalized spacial score (nSPS) is 13.1. The van der Waals surface area contributed by atoms with Gasteiger partial charge in [-0.25, -0.2) is 4.90 Å². The fourth-order valence-corrected chi connectivity index (χ4v) is 3.53. The molecule has 0 bridgehead atoms. The number of para-hydroxylation sites is 1. The summed E-state index contributed by atoms with van der Waals surface area (Å²) in [5.41, 5.74) is -1.08. The maximum Gasteiger partial charge on any atom is 0.284 e. The summed E-state index contributed by atoms with van der Waals surface area (Å²) in [6.07, 6.45) is 0. The van der Waals surface area contributed by atoms with Crippen LogP contribution >= 0.6 is 11.6 Å². The Balaban J connectivity index is 2.09. The molecule has 0 saturated heterocycles. The number of amides is 2. The molecule has 0 saturated carbocycles. The average Bonchev–Trinajstić information content (AvgIpc) is 2.66. The lowest BCUT2D eigenvalue weighted by atomic mass is 9.91. The van der Waals surface area contributed by atoms with E-state index in [1.807, 2.05) is 0 Å². The van der Waals surface area contributed by atoms with E-state index >= 15 is 0 Å². The third kappa shape index (κ3) is 2.33. The first-order valence-electron chi connectivity index (χ1n) is 7.84. The van der Waals surface area contributed by atoms with Crippen LogP contribution in [0, 0.1) is 20.2 Å². The number of carbonyl (C=O) groups excluding carboxylic acids is 2. The fourth-order valence-electron chi connectivity index (χ4n) is 3.31. The van der Waals surface area contributed by atoms with Crippen LogP contribution in [0.15, 0.2) is 48.5 Å². The van der Waals surface area contributed by atoms with E-state index in [0.29, 0.717) is 0 Å². The number of nitro benzene ring substituents is 2. The van der Waals surface area contributed by atoms with Gasteiger partial charge in [0, 0.05) is 28.6 Å². The van der Waals surface area contributed by atoms with Crippen LogP contribution in [0.4, 0.5) is 17.1 Å². The highest BCUT2D eigenvalue weighted by Crippen LogP contribution is 2.42. The molecule has 0 aliphatic carbocycles. The maximum atomic E-state index is 13.0. The number of hydrogen-bond acceptors (Lipinski definition) is 6. The Bertz CT molecular complexity index is 1170. The number of rotatable bonds is 3. The van der Waals surface area contributed by atoms with Crippen molar-refractivity contribution in [2.75, 3.05) is 4.90 Å². The molecule has 1 heterocycles. The zero-order valence-corrected chi connectivity index (χ0v) is 14.5. The minimum atomic E-state index is -0.786. The van der Waals surface area contributed by atoms with Crippen LogP contribution in [0.1, 0.15) is 20.7 Å². The van der Waals surface area contributed by atoms with Gasteiger partial charge < -0.3 is 0 Å².